The predicted octanol–water partition coefficient (Wildman–Crippen LogP) is 4.89. The van der Waals surface area contributed by atoms with E-state index >= 15 is 0 Å². The lowest BCUT2D eigenvalue weighted by atomic mass is 9.74. The van der Waals surface area contributed by atoms with Gasteiger partial charge in [0.15, 0.2) is 0 Å². The number of hydrogen-bond donors (Lipinski definition) is 1. The van der Waals surface area contributed by atoms with Crippen molar-refractivity contribution in [2.45, 2.75) is 24.8 Å². The molecule has 3 aromatic rings. The van der Waals surface area contributed by atoms with Gasteiger partial charge in [-0.3, -0.25) is 0 Å². The lowest BCUT2D eigenvalue weighted by molar-refractivity contribution is 0.455. The lowest BCUT2D eigenvalue weighted by Gasteiger charge is -2.33. The number of thiophene rings is 1. The van der Waals surface area contributed by atoms with Crippen LogP contribution in [-0.4, -0.2) is 7.05 Å². The van der Waals surface area contributed by atoms with Crippen molar-refractivity contribution < 1.29 is 0 Å². The minimum atomic E-state index is 0.444. The fraction of sp³-hybridized carbons (Fsp3) is 0.263. The molecular weight excluding hydrogens is 274 g/mol. The number of fused-ring (bicyclic) bond motifs is 2. The molecule has 2 aromatic carbocycles. The highest BCUT2D eigenvalue weighted by molar-refractivity contribution is 7.17. The van der Waals surface area contributed by atoms with E-state index in [1.165, 1.54) is 34.1 Å². The average Bonchev–Trinajstić information content (AvgIpc) is 2.93. The Morgan fingerprint density at radius 1 is 1.14 bits per heavy atom. The summed E-state index contributed by atoms with van der Waals surface area (Å²) in [6, 6.07) is 18.1. The van der Waals surface area contributed by atoms with E-state index in [0.29, 0.717) is 12.0 Å². The smallest absolute Gasteiger partial charge is 0.0346 e. The van der Waals surface area contributed by atoms with E-state index in [9.17, 15) is 0 Å². The molecule has 21 heavy (non-hydrogen) atoms. The molecule has 106 valence electrons. The fourth-order valence-corrected chi connectivity index (χ4v) is 4.54. The van der Waals surface area contributed by atoms with Gasteiger partial charge in [-0.2, -0.15) is 0 Å². The van der Waals surface area contributed by atoms with Gasteiger partial charge >= 0.3 is 0 Å². The molecule has 0 saturated carbocycles. The van der Waals surface area contributed by atoms with Gasteiger partial charge < -0.3 is 5.32 Å². The maximum atomic E-state index is 3.53. The van der Waals surface area contributed by atoms with E-state index in [0.717, 1.165) is 0 Å². The Hall–Kier alpha value is -1.64. The monoisotopic (exact) mass is 293 g/mol. The van der Waals surface area contributed by atoms with Crippen LogP contribution in [0.2, 0.25) is 0 Å². The van der Waals surface area contributed by atoms with Crippen LogP contribution in [0.1, 0.15) is 35.1 Å². The van der Waals surface area contributed by atoms with Crippen molar-refractivity contribution >= 4 is 21.4 Å². The van der Waals surface area contributed by atoms with Gasteiger partial charge in [0.1, 0.15) is 0 Å². The zero-order valence-corrected chi connectivity index (χ0v) is 13.0. The Balaban J connectivity index is 1.62. The van der Waals surface area contributed by atoms with Crippen molar-refractivity contribution in [1.29, 1.82) is 0 Å². The Kier molecular flexibility index (Phi) is 3.28. The van der Waals surface area contributed by atoms with Crippen LogP contribution in [0.25, 0.3) is 10.1 Å². The number of benzene rings is 2. The quantitative estimate of drug-likeness (QED) is 0.722. The molecule has 1 aliphatic rings. The van der Waals surface area contributed by atoms with Gasteiger partial charge in [-0.05, 0) is 59.3 Å². The maximum Gasteiger partial charge on any atom is 0.0346 e. The number of hydrogen-bond acceptors (Lipinski definition) is 2. The van der Waals surface area contributed by atoms with Crippen LogP contribution in [-0.2, 0) is 6.42 Å². The molecule has 1 N–H and O–H groups in total. The first kappa shape index (κ1) is 13.1. The number of nitrogens with one attached hydrogen (secondary N) is 1. The van der Waals surface area contributed by atoms with Gasteiger partial charge in [0.25, 0.3) is 0 Å². The molecule has 0 amide bonds. The summed E-state index contributed by atoms with van der Waals surface area (Å²) in [5, 5.41) is 7.27. The second-order valence-corrected chi connectivity index (χ2v) is 6.78. The standard InChI is InChI=1S/C19H19NS/c1-20-18(11-14-10-13-6-2-3-7-15(13)14)17-12-21-19-9-5-4-8-16(17)19/h2-9,12,14,18,20H,10-11H2,1H3. The van der Waals surface area contributed by atoms with Gasteiger partial charge in [0, 0.05) is 10.7 Å². The summed E-state index contributed by atoms with van der Waals surface area (Å²) < 4.78 is 1.39. The van der Waals surface area contributed by atoms with Gasteiger partial charge in [-0.25, -0.2) is 0 Å². The first-order chi connectivity index (χ1) is 10.4. The zero-order valence-electron chi connectivity index (χ0n) is 12.2. The number of rotatable bonds is 4. The van der Waals surface area contributed by atoms with Crippen LogP contribution in [0.4, 0.5) is 0 Å². The molecule has 1 heterocycles. The van der Waals surface area contributed by atoms with Gasteiger partial charge in [-0.15, -0.1) is 11.3 Å². The van der Waals surface area contributed by atoms with E-state index < -0.39 is 0 Å². The summed E-state index contributed by atoms with van der Waals surface area (Å²) in [7, 11) is 2.08. The highest BCUT2D eigenvalue weighted by Crippen LogP contribution is 2.42. The van der Waals surface area contributed by atoms with Crippen molar-refractivity contribution in [3.63, 3.8) is 0 Å². The molecule has 0 fully saturated rings. The van der Waals surface area contributed by atoms with Crippen molar-refractivity contribution in [2.75, 3.05) is 7.05 Å². The Morgan fingerprint density at radius 2 is 1.95 bits per heavy atom. The molecule has 0 bridgehead atoms. The molecule has 1 nitrogen and oxygen atoms in total. The van der Waals surface area contributed by atoms with Crippen molar-refractivity contribution in [1.82, 2.24) is 5.32 Å². The predicted molar refractivity (Wildman–Crippen MR) is 91.1 cm³/mol. The molecule has 0 radical (unpaired) electrons. The Morgan fingerprint density at radius 3 is 2.81 bits per heavy atom. The molecular formula is C19H19NS. The molecule has 0 aliphatic heterocycles. The highest BCUT2D eigenvalue weighted by Gasteiger charge is 2.28. The zero-order chi connectivity index (χ0) is 14.2. The molecule has 2 unspecified atom stereocenters. The second kappa shape index (κ2) is 5.28. The molecule has 2 heteroatoms. The maximum absolute atomic E-state index is 3.53. The summed E-state index contributed by atoms with van der Waals surface area (Å²) >= 11 is 1.86. The summed E-state index contributed by atoms with van der Waals surface area (Å²) in [6.45, 7) is 0. The van der Waals surface area contributed by atoms with E-state index in [2.05, 4.69) is 66.3 Å². The highest BCUT2D eigenvalue weighted by atomic mass is 32.1. The normalized spacial score (nSPS) is 18.2. The van der Waals surface area contributed by atoms with Crippen LogP contribution < -0.4 is 5.32 Å². The van der Waals surface area contributed by atoms with E-state index in [1.807, 2.05) is 11.3 Å². The molecule has 1 aromatic heterocycles. The summed E-state index contributed by atoms with van der Waals surface area (Å²) in [5.41, 5.74) is 4.55. The summed E-state index contributed by atoms with van der Waals surface area (Å²) in [6.07, 6.45) is 2.42. The first-order valence-corrected chi connectivity index (χ1v) is 8.46. The summed E-state index contributed by atoms with van der Waals surface area (Å²) in [4.78, 5) is 0. The minimum Gasteiger partial charge on any atom is -0.313 e. The van der Waals surface area contributed by atoms with Gasteiger partial charge in [-0.1, -0.05) is 42.5 Å². The van der Waals surface area contributed by atoms with Crippen molar-refractivity contribution in [3.05, 3.63) is 70.6 Å². The van der Waals surface area contributed by atoms with Crippen LogP contribution in [0.3, 0.4) is 0 Å². The van der Waals surface area contributed by atoms with Crippen molar-refractivity contribution in [2.24, 2.45) is 0 Å². The lowest BCUT2D eigenvalue weighted by Crippen LogP contribution is -2.24. The third-order valence-corrected chi connectivity index (χ3v) is 5.70. The SMILES string of the molecule is CNC(CC1Cc2ccccc21)c1csc2ccccc12. The van der Waals surface area contributed by atoms with E-state index in [1.54, 1.807) is 5.56 Å². The second-order valence-electron chi connectivity index (χ2n) is 5.86. The minimum absolute atomic E-state index is 0.444. The van der Waals surface area contributed by atoms with Gasteiger partial charge in [0.2, 0.25) is 0 Å². The molecule has 0 saturated heterocycles. The Bertz CT molecular complexity index is 774. The van der Waals surface area contributed by atoms with Crippen LogP contribution >= 0.6 is 11.3 Å². The largest absolute Gasteiger partial charge is 0.313 e. The van der Waals surface area contributed by atoms with Crippen LogP contribution in [0.15, 0.2) is 53.9 Å². The first-order valence-electron chi connectivity index (χ1n) is 7.58. The third kappa shape index (κ3) is 2.19. The topological polar surface area (TPSA) is 12.0 Å². The third-order valence-electron chi connectivity index (χ3n) is 4.72. The average molecular weight is 293 g/mol. The van der Waals surface area contributed by atoms with Crippen molar-refractivity contribution in [3.8, 4) is 0 Å². The van der Waals surface area contributed by atoms with E-state index in [4.69, 9.17) is 0 Å². The molecule has 4 rings (SSSR count). The molecule has 1 aliphatic carbocycles. The van der Waals surface area contributed by atoms with Gasteiger partial charge in [0.05, 0.1) is 0 Å². The Labute approximate surface area is 129 Å². The molecule has 0 spiro atoms. The molecule has 2 atom stereocenters. The summed E-state index contributed by atoms with van der Waals surface area (Å²) in [5.74, 6) is 0.706. The van der Waals surface area contributed by atoms with Crippen LogP contribution in [0, 0.1) is 0 Å². The fourth-order valence-electron chi connectivity index (χ4n) is 3.53. The van der Waals surface area contributed by atoms with Crippen LogP contribution in [0.5, 0.6) is 0 Å². The van der Waals surface area contributed by atoms with E-state index in [-0.39, 0.29) is 0 Å².